The molecule has 0 spiro atoms. The van der Waals surface area contributed by atoms with Gasteiger partial charge in [0.15, 0.2) is 0 Å². The average molecular weight is 320 g/mol. The van der Waals surface area contributed by atoms with Crippen LogP contribution >= 0.6 is 0 Å². The Morgan fingerprint density at radius 1 is 1.00 bits per heavy atom. The Balaban J connectivity index is 1.67. The van der Waals surface area contributed by atoms with E-state index in [-0.39, 0.29) is 17.5 Å². The van der Waals surface area contributed by atoms with Gasteiger partial charge < -0.3 is 4.74 Å². The Labute approximate surface area is 137 Å². The van der Waals surface area contributed by atoms with E-state index in [0.29, 0.717) is 5.75 Å². The fourth-order valence-corrected chi connectivity index (χ4v) is 2.44. The average Bonchev–Trinajstić information content (AvgIpc) is 2.82. The number of hydrogen-bond donors (Lipinski definition) is 0. The zero-order valence-corrected chi connectivity index (χ0v) is 12.6. The van der Waals surface area contributed by atoms with E-state index in [1.54, 1.807) is 48.5 Å². The second kappa shape index (κ2) is 6.34. The number of nitrogens with zero attached hydrogens (tertiary/aromatic N) is 2. The summed E-state index contributed by atoms with van der Waals surface area (Å²) in [7, 11) is 0. The summed E-state index contributed by atoms with van der Waals surface area (Å²) >= 11 is 0. The molecule has 2 aromatic rings. The molecule has 6 nitrogen and oxygen atoms in total. The summed E-state index contributed by atoms with van der Waals surface area (Å²) in [6, 6.07) is 14.9. The second-order valence-electron chi connectivity index (χ2n) is 5.19. The quantitative estimate of drug-likeness (QED) is 0.488. The van der Waals surface area contributed by atoms with Gasteiger partial charge in [-0.3, -0.25) is 14.5 Å². The van der Waals surface area contributed by atoms with Gasteiger partial charge in [0, 0.05) is 0 Å². The Morgan fingerprint density at radius 2 is 1.58 bits per heavy atom. The highest BCUT2D eigenvalue weighted by atomic mass is 16.5. The smallest absolute Gasteiger partial charge is 0.331 e. The third-order valence-corrected chi connectivity index (χ3v) is 3.60. The number of amides is 2. The highest BCUT2D eigenvalue weighted by Crippen LogP contribution is 2.22. The van der Waals surface area contributed by atoms with Crippen LogP contribution in [0, 0.1) is 11.3 Å². The standard InChI is InChI=1S/C18H12N2O4/c19-10-9-12-5-7-13(8-6-12)24-16(21)11-20-17(22)14-3-1-2-4-15(14)18(20)23/h1-8H,9,11H2. The Morgan fingerprint density at radius 3 is 2.12 bits per heavy atom. The molecule has 0 radical (unpaired) electrons. The molecule has 24 heavy (non-hydrogen) atoms. The van der Waals surface area contributed by atoms with Crippen LogP contribution in [-0.2, 0) is 11.2 Å². The van der Waals surface area contributed by atoms with Crippen molar-refractivity contribution in [2.75, 3.05) is 6.54 Å². The fourth-order valence-electron chi connectivity index (χ4n) is 2.44. The number of imide groups is 1. The predicted octanol–water partition coefficient (Wildman–Crippen LogP) is 1.95. The topological polar surface area (TPSA) is 87.5 Å². The van der Waals surface area contributed by atoms with Gasteiger partial charge in [-0.05, 0) is 29.8 Å². The number of rotatable bonds is 4. The minimum absolute atomic E-state index is 0.267. The number of nitriles is 1. The molecule has 0 aromatic heterocycles. The van der Waals surface area contributed by atoms with Crippen molar-refractivity contribution in [1.82, 2.24) is 4.90 Å². The Kier molecular flexibility index (Phi) is 4.08. The minimum Gasteiger partial charge on any atom is -0.425 e. The summed E-state index contributed by atoms with van der Waals surface area (Å²) < 4.78 is 5.14. The molecule has 3 rings (SSSR count). The van der Waals surface area contributed by atoms with E-state index in [0.717, 1.165) is 10.5 Å². The van der Waals surface area contributed by atoms with Crippen molar-refractivity contribution in [3.05, 3.63) is 65.2 Å². The van der Waals surface area contributed by atoms with Crippen molar-refractivity contribution in [1.29, 1.82) is 5.26 Å². The first-order valence-corrected chi connectivity index (χ1v) is 7.22. The van der Waals surface area contributed by atoms with Crippen LogP contribution in [0.15, 0.2) is 48.5 Å². The lowest BCUT2D eigenvalue weighted by Crippen LogP contribution is -2.36. The van der Waals surface area contributed by atoms with Crippen molar-refractivity contribution in [2.24, 2.45) is 0 Å². The molecule has 118 valence electrons. The van der Waals surface area contributed by atoms with Gasteiger partial charge in [0.2, 0.25) is 0 Å². The maximum absolute atomic E-state index is 12.2. The van der Waals surface area contributed by atoms with Crippen LogP contribution in [0.2, 0.25) is 0 Å². The number of esters is 1. The normalized spacial score (nSPS) is 12.7. The second-order valence-corrected chi connectivity index (χ2v) is 5.19. The van der Waals surface area contributed by atoms with E-state index in [4.69, 9.17) is 10.00 Å². The monoisotopic (exact) mass is 320 g/mol. The molecule has 6 heteroatoms. The third-order valence-electron chi connectivity index (χ3n) is 3.60. The minimum atomic E-state index is -0.711. The number of carbonyl (C=O) groups excluding carboxylic acids is 3. The molecule has 0 atom stereocenters. The molecule has 1 heterocycles. The van der Waals surface area contributed by atoms with Gasteiger partial charge in [0.25, 0.3) is 11.8 Å². The molecule has 0 aliphatic carbocycles. The molecular weight excluding hydrogens is 308 g/mol. The lowest BCUT2D eigenvalue weighted by molar-refractivity contribution is -0.134. The highest BCUT2D eigenvalue weighted by Gasteiger charge is 2.36. The Hall–Kier alpha value is -3.46. The summed E-state index contributed by atoms with van der Waals surface area (Å²) in [5, 5.41) is 8.61. The fraction of sp³-hybridized carbons (Fsp3) is 0.111. The van der Waals surface area contributed by atoms with Crippen molar-refractivity contribution in [3.8, 4) is 11.8 Å². The van der Waals surface area contributed by atoms with Gasteiger partial charge in [-0.1, -0.05) is 24.3 Å². The largest absolute Gasteiger partial charge is 0.425 e. The lowest BCUT2D eigenvalue weighted by atomic mass is 10.1. The first-order chi connectivity index (χ1) is 11.6. The van der Waals surface area contributed by atoms with Gasteiger partial charge in [0.05, 0.1) is 23.6 Å². The predicted molar refractivity (Wildman–Crippen MR) is 83.2 cm³/mol. The summed E-state index contributed by atoms with van der Waals surface area (Å²) in [5.74, 6) is -1.43. The number of ether oxygens (including phenoxy) is 1. The molecule has 1 aliphatic rings. The van der Waals surface area contributed by atoms with Gasteiger partial charge in [-0.25, -0.2) is 4.79 Å². The molecular formula is C18H12N2O4. The number of fused-ring (bicyclic) bond motifs is 1. The molecule has 0 N–H and O–H groups in total. The lowest BCUT2D eigenvalue weighted by Gasteiger charge is -2.13. The maximum Gasteiger partial charge on any atom is 0.331 e. The van der Waals surface area contributed by atoms with Crippen LogP contribution in [0.3, 0.4) is 0 Å². The van der Waals surface area contributed by atoms with Gasteiger partial charge in [-0.2, -0.15) is 5.26 Å². The van der Waals surface area contributed by atoms with E-state index in [9.17, 15) is 14.4 Å². The van der Waals surface area contributed by atoms with Crippen molar-refractivity contribution in [3.63, 3.8) is 0 Å². The van der Waals surface area contributed by atoms with Crippen LogP contribution in [0.5, 0.6) is 5.75 Å². The summed E-state index contributed by atoms with van der Waals surface area (Å²) in [6.07, 6.45) is 0.267. The first-order valence-electron chi connectivity index (χ1n) is 7.22. The molecule has 0 saturated heterocycles. The number of carbonyl (C=O) groups is 3. The van der Waals surface area contributed by atoms with Gasteiger partial charge >= 0.3 is 5.97 Å². The number of benzene rings is 2. The third kappa shape index (κ3) is 2.88. The molecule has 2 amide bonds. The maximum atomic E-state index is 12.2. The Bertz CT molecular complexity index is 830. The van der Waals surface area contributed by atoms with E-state index >= 15 is 0 Å². The molecule has 0 saturated carbocycles. The number of hydrogen-bond acceptors (Lipinski definition) is 5. The van der Waals surface area contributed by atoms with E-state index < -0.39 is 24.3 Å². The molecule has 0 unspecified atom stereocenters. The van der Waals surface area contributed by atoms with E-state index in [1.807, 2.05) is 6.07 Å². The zero-order chi connectivity index (χ0) is 17.1. The first kappa shape index (κ1) is 15.4. The summed E-state index contributed by atoms with van der Waals surface area (Å²) in [4.78, 5) is 37.2. The van der Waals surface area contributed by atoms with Crippen molar-refractivity contribution in [2.45, 2.75) is 6.42 Å². The zero-order valence-electron chi connectivity index (χ0n) is 12.6. The van der Waals surface area contributed by atoms with E-state index in [2.05, 4.69) is 0 Å². The van der Waals surface area contributed by atoms with Crippen molar-refractivity contribution >= 4 is 17.8 Å². The summed E-state index contributed by atoms with van der Waals surface area (Å²) in [6.45, 7) is -0.452. The van der Waals surface area contributed by atoms with E-state index in [1.165, 1.54) is 0 Å². The van der Waals surface area contributed by atoms with Crippen LogP contribution < -0.4 is 4.74 Å². The van der Waals surface area contributed by atoms with Crippen LogP contribution in [0.25, 0.3) is 0 Å². The van der Waals surface area contributed by atoms with Crippen LogP contribution in [-0.4, -0.2) is 29.2 Å². The van der Waals surface area contributed by atoms with Gasteiger partial charge in [-0.15, -0.1) is 0 Å². The van der Waals surface area contributed by atoms with Crippen LogP contribution in [0.4, 0.5) is 0 Å². The molecule has 0 fully saturated rings. The summed E-state index contributed by atoms with van der Waals surface area (Å²) in [5.41, 5.74) is 1.38. The van der Waals surface area contributed by atoms with Crippen LogP contribution in [0.1, 0.15) is 26.3 Å². The molecule has 0 bridgehead atoms. The van der Waals surface area contributed by atoms with Crippen molar-refractivity contribution < 1.29 is 19.1 Å². The molecule has 2 aromatic carbocycles. The highest BCUT2D eigenvalue weighted by molar-refractivity contribution is 6.22. The molecule has 1 aliphatic heterocycles. The van der Waals surface area contributed by atoms with Gasteiger partial charge in [0.1, 0.15) is 12.3 Å². The SMILES string of the molecule is N#CCc1ccc(OC(=O)CN2C(=O)c3ccccc3C2=O)cc1.